The molecule has 0 spiro atoms. The molecule has 0 unspecified atom stereocenters. The Morgan fingerprint density at radius 1 is 1.17 bits per heavy atom. The predicted molar refractivity (Wildman–Crippen MR) is 111 cm³/mol. The van der Waals surface area contributed by atoms with E-state index in [1.54, 1.807) is 18.7 Å². The molecule has 1 aromatic carbocycles. The molecular formula is C21H21N5O2S. The Morgan fingerprint density at radius 3 is 2.79 bits per heavy atom. The van der Waals surface area contributed by atoms with Crippen molar-refractivity contribution >= 4 is 23.3 Å². The van der Waals surface area contributed by atoms with E-state index in [0.29, 0.717) is 30.2 Å². The van der Waals surface area contributed by atoms with Crippen molar-refractivity contribution in [1.82, 2.24) is 24.8 Å². The third kappa shape index (κ3) is 5.03. The van der Waals surface area contributed by atoms with Gasteiger partial charge in [-0.2, -0.15) is 4.98 Å². The second-order valence-corrected chi connectivity index (χ2v) is 7.65. The Kier molecular flexibility index (Phi) is 5.90. The van der Waals surface area contributed by atoms with E-state index >= 15 is 0 Å². The van der Waals surface area contributed by atoms with Crippen LogP contribution in [0.15, 0.2) is 64.3 Å². The third-order valence-electron chi connectivity index (χ3n) is 4.34. The fraction of sp³-hybridized carbons (Fsp3) is 0.238. The summed E-state index contributed by atoms with van der Waals surface area (Å²) in [4.78, 5) is 22.1. The smallest absolute Gasteiger partial charge is 0.251 e. The number of amides is 1. The third-order valence-corrected chi connectivity index (χ3v) is 5.39. The first-order chi connectivity index (χ1) is 14.2. The van der Waals surface area contributed by atoms with E-state index in [4.69, 9.17) is 4.52 Å². The van der Waals surface area contributed by atoms with Gasteiger partial charge in [-0.1, -0.05) is 11.2 Å². The van der Waals surface area contributed by atoms with Crippen LogP contribution in [0.2, 0.25) is 0 Å². The Labute approximate surface area is 172 Å². The summed E-state index contributed by atoms with van der Waals surface area (Å²) in [6.45, 7) is 2.35. The van der Waals surface area contributed by atoms with Crippen LogP contribution in [0.3, 0.4) is 0 Å². The molecule has 0 saturated heterocycles. The van der Waals surface area contributed by atoms with Gasteiger partial charge in [0.2, 0.25) is 5.89 Å². The average molecular weight is 407 g/mol. The first-order valence-corrected chi connectivity index (χ1v) is 10.4. The average Bonchev–Trinajstić information content (AvgIpc) is 3.35. The highest BCUT2D eigenvalue weighted by Gasteiger charge is 2.07. The van der Waals surface area contributed by atoms with Crippen molar-refractivity contribution in [1.29, 1.82) is 0 Å². The van der Waals surface area contributed by atoms with Gasteiger partial charge < -0.3 is 14.2 Å². The van der Waals surface area contributed by atoms with Gasteiger partial charge in [0.05, 0.1) is 5.69 Å². The molecule has 7 nitrogen and oxygen atoms in total. The number of rotatable bonds is 8. The molecule has 8 heteroatoms. The van der Waals surface area contributed by atoms with E-state index < -0.39 is 0 Å². The fourth-order valence-corrected chi connectivity index (χ4v) is 3.68. The number of carbonyl (C=O) groups excluding carboxylic acids is 1. The first kappa shape index (κ1) is 19.2. The quantitative estimate of drug-likeness (QED) is 0.354. The molecule has 1 N–H and O–H groups in total. The summed E-state index contributed by atoms with van der Waals surface area (Å²) < 4.78 is 7.08. The van der Waals surface area contributed by atoms with Gasteiger partial charge in [0, 0.05) is 41.6 Å². The molecule has 3 heterocycles. The zero-order valence-electron chi connectivity index (χ0n) is 16.0. The number of aryl methyl sites for hydroxylation is 2. The number of thioether (sulfide) groups is 1. The lowest BCUT2D eigenvalue weighted by Gasteiger charge is -2.05. The summed E-state index contributed by atoms with van der Waals surface area (Å²) in [6, 6.07) is 13.6. The van der Waals surface area contributed by atoms with E-state index in [2.05, 4.69) is 20.4 Å². The van der Waals surface area contributed by atoms with Crippen LogP contribution < -0.4 is 5.32 Å². The number of benzene rings is 1. The monoisotopic (exact) mass is 407 g/mol. The van der Waals surface area contributed by atoms with Crippen molar-refractivity contribution in [2.75, 3.05) is 6.54 Å². The van der Waals surface area contributed by atoms with E-state index in [9.17, 15) is 4.79 Å². The van der Waals surface area contributed by atoms with Gasteiger partial charge >= 0.3 is 0 Å². The maximum absolute atomic E-state index is 12.3. The van der Waals surface area contributed by atoms with Crippen LogP contribution in [-0.2, 0) is 12.2 Å². The van der Waals surface area contributed by atoms with Gasteiger partial charge in [-0.15, -0.1) is 11.8 Å². The summed E-state index contributed by atoms with van der Waals surface area (Å²) in [6.07, 6.45) is 5.44. The lowest BCUT2D eigenvalue weighted by molar-refractivity contribution is 0.0953. The Balaban J connectivity index is 1.24. The summed E-state index contributed by atoms with van der Waals surface area (Å²) in [5, 5.41) is 6.67. The highest BCUT2D eigenvalue weighted by atomic mass is 32.2. The van der Waals surface area contributed by atoms with E-state index in [1.807, 2.05) is 59.3 Å². The molecule has 3 aromatic heterocycles. The van der Waals surface area contributed by atoms with Gasteiger partial charge in [-0.05, 0) is 49.7 Å². The SMILES string of the molecule is Cc1noc(CCCNC(=O)c2ccc(SCc3cn4ccccc4n3)cc2)n1. The molecule has 29 heavy (non-hydrogen) atoms. The van der Waals surface area contributed by atoms with Gasteiger partial charge in [-0.3, -0.25) is 4.79 Å². The number of aromatic nitrogens is 4. The molecule has 0 atom stereocenters. The lowest BCUT2D eigenvalue weighted by atomic mass is 10.2. The van der Waals surface area contributed by atoms with Crippen molar-refractivity contribution in [2.24, 2.45) is 0 Å². The van der Waals surface area contributed by atoms with Crippen molar-refractivity contribution in [3.63, 3.8) is 0 Å². The summed E-state index contributed by atoms with van der Waals surface area (Å²) in [5.41, 5.74) is 2.62. The van der Waals surface area contributed by atoms with Gasteiger partial charge in [0.15, 0.2) is 5.82 Å². The maximum atomic E-state index is 12.3. The molecule has 0 aliphatic rings. The highest BCUT2D eigenvalue weighted by Crippen LogP contribution is 2.23. The normalized spacial score (nSPS) is 11.1. The van der Waals surface area contributed by atoms with E-state index in [0.717, 1.165) is 28.4 Å². The van der Waals surface area contributed by atoms with Gasteiger partial charge in [-0.25, -0.2) is 4.98 Å². The second kappa shape index (κ2) is 8.91. The predicted octanol–water partition coefficient (Wildman–Crippen LogP) is 3.68. The van der Waals surface area contributed by atoms with Gasteiger partial charge in [0.1, 0.15) is 5.65 Å². The van der Waals surface area contributed by atoms with Crippen LogP contribution in [0.1, 0.15) is 34.2 Å². The summed E-state index contributed by atoms with van der Waals surface area (Å²) >= 11 is 1.70. The Hall–Kier alpha value is -3.13. The standard InChI is InChI=1S/C21H21N5O2S/c1-15-23-20(28-25-15)6-4-11-22-21(27)16-7-9-18(10-8-16)29-14-17-13-26-12-3-2-5-19(26)24-17/h2-3,5,7-10,12-13H,4,6,11,14H2,1H3,(H,22,27). The summed E-state index contributed by atoms with van der Waals surface area (Å²) in [7, 11) is 0. The van der Waals surface area contributed by atoms with Crippen LogP contribution in [0, 0.1) is 6.92 Å². The molecule has 0 aliphatic heterocycles. The molecule has 0 radical (unpaired) electrons. The van der Waals surface area contributed by atoms with Crippen LogP contribution in [0.5, 0.6) is 0 Å². The van der Waals surface area contributed by atoms with Crippen LogP contribution in [0.25, 0.3) is 5.65 Å². The number of nitrogens with one attached hydrogen (secondary N) is 1. The first-order valence-electron chi connectivity index (χ1n) is 9.40. The molecule has 148 valence electrons. The fourth-order valence-electron chi connectivity index (χ4n) is 2.90. The second-order valence-electron chi connectivity index (χ2n) is 6.61. The van der Waals surface area contributed by atoms with Crippen LogP contribution in [-0.4, -0.2) is 32.0 Å². The molecule has 4 rings (SSSR count). The Bertz CT molecular complexity index is 1070. The zero-order chi connectivity index (χ0) is 20.1. The summed E-state index contributed by atoms with van der Waals surface area (Å²) in [5.74, 6) is 1.93. The number of imidazole rings is 1. The minimum Gasteiger partial charge on any atom is -0.352 e. The topological polar surface area (TPSA) is 85.3 Å². The van der Waals surface area contributed by atoms with Crippen molar-refractivity contribution in [3.8, 4) is 0 Å². The van der Waals surface area contributed by atoms with E-state index in [1.165, 1.54) is 0 Å². The number of carbonyl (C=O) groups is 1. The number of hydrogen-bond donors (Lipinski definition) is 1. The van der Waals surface area contributed by atoms with E-state index in [-0.39, 0.29) is 5.91 Å². The minimum atomic E-state index is -0.0800. The molecular weight excluding hydrogens is 386 g/mol. The molecule has 0 bridgehead atoms. The zero-order valence-corrected chi connectivity index (χ0v) is 16.9. The number of pyridine rings is 1. The van der Waals surface area contributed by atoms with Crippen LogP contribution in [0.4, 0.5) is 0 Å². The molecule has 0 fully saturated rings. The van der Waals surface area contributed by atoms with Crippen molar-refractivity contribution in [3.05, 3.63) is 77.8 Å². The molecule has 0 saturated carbocycles. The van der Waals surface area contributed by atoms with Crippen LogP contribution >= 0.6 is 11.8 Å². The number of fused-ring (bicyclic) bond motifs is 1. The van der Waals surface area contributed by atoms with Gasteiger partial charge in [0.25, 0.3) is 5.91 Å². The maximum Gasteiger partial charge on any atom is 0.251 e. The number of hydrogen-bond acceptors (Lipinski definition) is 6. The highest BCUT2D eigenvalue weighted by molar-refractivity contribution is 7.98. The number of nitrogens with zero attached hydrogens (tertiary/aromatic N) is 4. The minimum absolute atomic E-state index is 0.0800. The van der Waals surface area contributed by atoms with Crippen molar-refractivity contribution in [2.45, 2.75) is 30.4 Å². The van der Waals surface area contributed by atoms with Crippen molar-refractivity contribution < 1.29 is 9.32 Å². The Morgan fingerprint density at radius 2 is 2.03 bits per heavy atom. The molecule has 0 aliphatic carbocycles. The largest absolute Gasteiger partial charge is 0.352 e. The molecule has 4 aromatic rings. The lowest BCUT2D eigenvalue weighted by Crippen LogP contribution is -2.24. The molecule has 1 amide bonds.